The molecule has 2 atom stereocenters. The quantitative estimate of drug-likeness (QED) is 0.316. The van der Waals surface area contributed by atoms with E-state index in [2.05, 4.69) is 0 Å². The van der Waals surface area contributed by atoms with Gasteiger partial charge in [-0.3, -0.25) is 14.9 Å². The second-order valence-corrected chi connectivity index (χ2v) is 7.98. The molecule has 0 aliphatic carbocycles. The van der Waals surface area contributed by atoms with Gasteiger partial charge in [0.25, 0.3) is 5.69 Å². The first-order valence-corrected chi connectivity index (χ1v) is 9.85. The van der Waals surface area contributed by atoms with Crippen LogP contribution in [0.25, 0.3) is 0 Å². The van der Waals surface area contributed by atoms with E-state index in [1.807, 2.05) is 42.5 Å². The summed E-state index contributed by atoms with van der Waals surface area (Å²) in [5.74, 6) is -0.000437. The molecule has 7 heteroatoms. The predicted molar refractivity (Wildman–Crippen MR) is 111 cm³/mol. The first kappa shape index (κ1) is 18.5. The number of amides is 1. The van der Waals surface area contributed by atoms with Crippen molar-refractivity contribution in [2.45, 2.75) is 16.2 Å². The van der Waals surface area contributed by atoms with Crippen LogP contribution >= 0.6 is 23.4 Å². The van der Waals surface area contributed by atoms with Crippen LogP contribution < -0.4 is 4.90 Å². The van der Waals surface area contributed by atoms with Gasteiger partial charge < -0.3 is 4.90 Å². The molecule has 4 rings (SSSR count). The smallest absolute Gasteiger partial charge is 0.269 e. The van der Waals surface area contributed by atoms with Crippen molar-refractivity contribution in [2.24, 2.45) is 0 Å². The van der Waals surface area contributed by atoms with Crippen molar-refractivity contribution >= 4 is 40.6 Å². The molecule has 1 fully saturated rings. The molecular weight excluding hydrogens is 396 g/mol. The van der Waals surface area contributed by atoms with E-state index in [9.17, 15) is 14.9 Å². The lowest BCUT2D eigenvalue weighted by Gasteiger charge is -2.47. The normalized spacial score (nSPS) is 18.6. The van der Waals surface area contributed by atoms with Gasteiger partial charge in [0.15, 0.2) is 0 Å². The highest BCUT2D eigenvalue weighted by Gasteiger charge is 2.49. The maximum atomic E-state index is 13.0. The Morgan fingerprint density at radius 3 is 2.18 bits per heavy atom. The number of nitro benzene ring substituents is 1. The highest BCUT2D eigenvalue weighted by Crippen LogP contribution is 2.47. The zero-order chi connectivity index (χ0) is 19.7. The molecule has 3 aromatic carbocycles. The van der Waals surface area contributed by atoms with Gasteiger partial charge >= 0.3 is 0 Å². The van der Waals surface area contributed by atoms with E-state index in [4.69, 9.17) is 11.6 Å². The second kappa shape index (κ2) is 7.66. The standard InChI is InChI=1S/C21H15ClN2O3S/c22-15-8-12-16(13-9-15)23-19(14-6-10-17(11-7-14)24(26)27)20(21(23)25)28-18-4-2-1-3-5-18/h1-13,19-20H/t19-,20-/m1/s1. The molecule has 1 heterocycles. The summed E-state index contributed by atoms with van der Waals surface area (Å²) in [5.41, 5.74) is 1.64. The minimum Gasteiger partial charge on any atom is -0.302 e. The van der Waals surface area contributed by atoms with Gasteiger partial charge in [-0.2, -0.15) is 0 Å². The molecule has 1 aliphatic heterocycles. The molecule has 28 heavy (non-hydrogen) atoms. The summed E-state index contributed by atoms with van der Waals surface area (Å²) in [7, 11) is 0. The summed E-state index contributed by atoms with van der Waals surface area (Å²) in [6.07, 6.45) is 0. The van der Waals surface area contributed by atoms with Crippen LogP contribution in [0, 0.1) is 10.1 Å². The average molecular weight is 411 g/mol. The summed E-state index contributed by atoms with van der Waals surface area (Å²) in [6.45, 7) is 0. The summed E-state index contributed by atoms with van der Waals surface area (Å²) in [5, 5.41) is 11.3. The van der Waals surface area contributed by atoms with Gasteiger partial charge in [0.1, 0.15) is 5.25 Å². The number of carbonyl (C=O) groups excluding carboxylic acids is 1. The Morgan fingerprint density at radius 1 is 0.929 bits per heavy atom. The SMILES string of the molecule is O=C1[C@H](Sc2ccccc2)[C@@H](c2ccc([N+](=O)[O-])cc2)N1c1ccc(Cl)cc1. The van der Waals surface area contributed by atoms with Crippen molar-refractivity contribution in [3.8, 4) is 0 Å². The number of thioether (sulfide) groups is 1. The Balaban J connectivity index is 1.69. The molecule has 0 bridgehead atoms. The summed E-state index contributed by atoms with van der Waals surface area (Å²) < 4.78 is 0. The van der Waals surface area contributed by atoms with Crippen molar-refractivity contribution in [2.75, 3.05) is 4.90 Å². The van der Waals surface area contributed by atoms with E-state index in [-0.39, 0.29) is 22.9 Å². The Morgan fingerprint density at radius 2 is 1.57 bits per heavy atom. The number of rotatable bonds is 5. The number of non-ortho nitro benzene ring substituents is 1. The van der Waals surface area contributed by atoms with Gasteiger partial charge in [-0.05, 0) is 42.0 Å². The largest absolute Gasteiger partial charge is 0.302 e. The first-order chi connectivity index (χ1) is 13.5. The maximum Gasteiger partial charge on any atom is 0.269 e. The number of benzene rings is 3. The van der Waals surface area contributed by atoms with Crippen LogP contribution in [0.4, 0.5) is 11.4 Å². The summed E-state index contributed by atoms with van der Waals surface area (Å²) >= 11 is 7.48. The molecule has 1 aliphatic rings. The van der Waals surface area contributed by atoms with Crippen LogP contribution in [0.1, 0.15) is 11.6 Å². The fourth-order valence-corrected chi connectivity index (χ4v) is 4.59. The Kier molecular flexibility index (Phi) is 5.07. The number of β-lactam (4-membered cyclic amide) rings is 1. The van der Waals surface area contributed by atoms with Gasteiger partial charge in [0.2, 0.25) is 5.91 Å². The zero-order valence-electron chi connectivity index (χ0n) is 14.6. The number of hydrogen-bond donors (Lipinski definition) is 0. The van der Waals surface area contributed by atoms with E-state index >= 15 is 0 Å². The van der Waals surface area contributed by atoms with Crippen LogP contribution in [0.2, 0.25) is 5.02 Å². The predicted octanol–water partition coefficient (Wildman–Crippen LogP) is 5.50. The first-order valence-electron chi connectivity index (χ1n) is 8.59. The number of nitrogens with zero attached hydrogens (tertiary/aromatic N) is 2. The van der Waals surface area contributed by atoms with Crippen molar-refractivity contribution in [1.29, 1.82) is 0 Å². The molecule has 0 saturated carbocycles. The average Bonchev–Trinajstić information content (AvgIpc) is 2.72. The number of anilines is 1. The number of hydrogen-bond acceptors (Lipinski definition) is 4. The van der Waals surface area contributed by atoms with E-state index in [1.54, 1.807) is 29.2 Å². The molecular formula is C21H15ClN2O3S. The molecule has 0 aromatic heterocycles. The minimum atomic E-state index is -0.428. The molecule has 0 N–H and O–H groups in total. The van der Waals surface area contributed by atoms with Gasteiger partial charge in [-0.15, -0.1) is 11.8 Å². The topological polar surface area (TPSA) is 63.4 Å². The molecule has 1 amide bonds. The Hall–Kier alpha value is -2.83. The maximum absolute atomic E-state index is 13.0. The van der Waals surface area contributed by atoms with Crippen LogP contribution in [0.15, 0.2) is 83.8 Å². The van der Waals surface area contributed by atoms with Crippen molar-refractivity contribution in [3.05, 3.63) is 99.6 Å². The van der Waals surface area contributed by atoms with E-state index in [0.717, 1.165) is 16.1 Å². The van der Waals surface area contributed by atoms with Gasteiger partial charge in [0.05, 0.1) is 11.0 Å². The van der Waals surface area contributed by atoms with Gasteiger partial charge in [0, 0.05) is 27.7 Å². The van der Waals surface area contributed by atoms with Crippen molar-refractivity contribution in [3.63, 3.8) is 0 Å². The molecule has 5 nitrogen and oxygen atoms in total. The lowest BCUT2D eigenvalue weighted by molar-refractivity contribution is -0.384. The highest BCUT2D eigenvalue weighted by molar-refractivity contribution is 8.00. The zero-order valence-corrected chi connectivity index (χ0v) is 16.1. The minimum absolute atomic E-state index is 0.000437. The molecule has 3 aromatic rings. The number of nitro groups is 1. The van der Waals surface area contributed by atoms with Crippen LogP contribution in [-0.2, 0) is 4.79 Å². The molecule has 0 radical (unpaired) electrons. The Bertz CT molecular complexity index is 1010. The van der Waals surface area contributed by atoms with Crippen LogP contribution in [0.5, 0.6) is 0 Å². The third kappa shape index (κ3) is 3.48. The lowest BCUT2D eigenvalue weighted by atomic mass is 9.92. The van der Waals surface area contributed by atoms with Gasteiger partial charge in [-0.25, -0.2) is 0 Å². The third-order valence-electron chi connectivity index (χ3n) is 4.60. The monoisotopic (exact) mass is 410 g/mol. The van der Waals surface area contributed by atoms with Gasteiger partial charge in [-0.1, -0.05) is 41.9 Å². The second-order valence-electron chi connectivity index (χ2n) is 6.33. The van der Waals surface area contributed by atoms with Crippen molar-refractivity contribution < 1.29 is 9.72 Å². The molecule has 0 unspecified atom stereocenters. The fourth-order valence-electron chi connectivity index (χ4n) is 3.23. The van der Waals surface area contributed by atoms with Crippen molar-refractivity contribution in [1.82, 2.24) is 0 Å². The molecule has 140 valence electrons. The summed E-state index contributed by atoms with van der Waals surface area (Å²) in [6, 6.07) is 23.0. The Labute approximate surface area is 171 Å². The third-order valence-corrected chi connectivity index (χ3v) is 6.11. The number of halogens is 1. The summed E-state index contributed by atoms with van der Waals surface area (Å²) in [4.78, 5) is 26.2. The van der Waals surface area contributed by atoms with E-state index in [1.165, 1.54) is 23.9 Å². The van der Waals surface area contributed by atoms with Crippen LogP contribution in [0.3, 0.4) is 0 Å². The fraction of sp³-hybridized carbons (Fsp3) is 0.0952. The number of carbonyl (C=O) groups is 1. The highest BCUT2D eigenvalue weighted by atomic mass is 35.5. The molecule has 1 saturated heterocycles. The van der Waals surface area contributed by atoms with E-state index < -0.39 is 4.92 Å². The van der Waals surface area contributed by atoms with E-state index in [0.29, 0.717) is 5.02 Å². The van der Waals surface area contributed by atoms with Crippen LogP contribution in [-0.4, -0.2) is 16.1 Å². The lowest BCUT2D eigenvalue weighted by Crippen LogP contribution is -2.57. The molecule has 0 spiro atoms.